The quantitative estimate of drug-likeness (QED) is 0.759. The molecular formula is C15H22INO. The summed E-state index contributed by atoms with van der Waals surface area (Å²) < 4.78 is 1.20. The van der Waals surface area contributed by atoms with Gasteiger partial charge in [0.05, 0.1) is 0 Å². The van der Waals surface area contributed by atoms with Crippen LogP contribution in [-0.2, 0) is 11.2 Å². The van der Waals surface area contributed by atoms with E-state index >= 15 is 0 Å². The Morgan fingerprint density at radius 3 is 2.39 bits per heavy atom. The molecule has 1 unspecified atom stereocenters. The molecule has 1 atom stereocenters. The van der Waals surface area contributed by atoms with E-state index < -0.39 is 0 Å². The zero-order valence-electron chi connectivity index (χ0n) is 11.2. The number of hydrogen-bond acceptors (Lipinski definition) is 2. The number of carbonyl (C=O) groups is 1. The molecule has 0 fully saturated rings. The van der Waals surface area contributed by atoms with Crippen LogP contribution in [0.5, 0.6) is 0 Å². The SMILES string of the molecule is CC(C)CC(CN)CC(=O)Cc1ccc(I)cc1. The monoisotopic (exact) mass is 359 g/mol. The number of hydrogen-bond donors (Lipinski definition) is 1. The third-order valence-electron chi connectivity index (χ3n) is 2.97. The Morgan fingerprint density at radius 2 is 1.89 bits per heavy atom. The fourth-order valence-electron chi connectivity index (χ4n) is 2.15. The summed E-state index contributed by atoms with van der Waals surface area (Å²) in [6.45, 7) is 4.95. The van der Waals surface area contributed by atoms with E-state index in [2.05, 4.69) is 36.4 Å². The Hall–Kier alpha value is -0.420. The minimum absolute atomic E-state index is 0.298. The van der Waals surface area contributed by atoms with Gasteiger partial charge in [0.2, 0.25) is 0 Å². The highest BCUT2D eigenvalue weighted by Gasteiger charge is 2.14. The zero-order chi connectivity index (χ0) is 13.5. The van der Waals surface area contributed by atoms with Crippen LogP contribution in [0, 0.1) is 15.4 Å². The molecule has 0 aromatic heterocycles. The van der Waals surface area contributed by atoms with Gasteiger partial charge in [0.25, 0.3) is 0 Å². The largest absolute Gasteiger partial charge is 0.330 e. The Morgan fingerprint density at radius 1 is 1.28 bits per heavy atom. The second-order valence-electron chi connectivity index (χ2n) is 5.28. The maximum Gasteiger partial charge on any atom is 0.137 e. The second kappa shape index (κ2) is 7.89. The average molecular weight is 359 g/mol. The van der Waals surface area contributed by atoms with Crippen LogP contribution in [0.4, 0.5) is 0 Å². The van der Waals surface area contributed by atoms with Crippen molar-refractivity contribution in [2.45, 2.75) is 33.1 Å². The maximum atomic E-state index is 12.0. The van der Waals surface area contributed by atoms with Gasteiger partial charge in [-0.25, -0.2) is 0 Å². The topological polar surface area (TPSA) is 43.1 Å². The molecule has 3 heteroatoms. The van der Waals surface area contributed by atoms with Crippen LogP contribution in [0.25, 0.3) is 0 Å². The normalized spacial score (nSPS) is 12.7. The van der Waals surface area contributed by atoms with Gasteiger partial charge in [-0.05, 0) is 65.1 Å². The molecule has 0 aliphatic heterocycles. The lowest BCUT2D eigenvalue weighted by Crippen LogP contribution is -2.20. The molecule has 18 heavy (non-hydrogen) atoms. The molecule has 2 nitrogen and oxygen atoms in total. The lowest BCUT2D eigenvalue weighted by atomic mass is 9.91. The lowest BCUT2D eigenvalue weighted by molar-refractivity contribution is -0.119. The number of Topliss-reactive ketones (excluding diaryl/α,β-unsaturated/α-hetero) is 1. The van der Waals surface area contributed by atoms with Crippen molar-refractivity contribution in [2.75, 3.05) is 6.54 Å². The Labute approximate surface area is 123 Å². The zero-order valence-corrected chi connectivity index (χ0v) is 13.3. The van der Waals surface area contributed by atoms with E-state index in [1.54, 1.807) is 0 Å². The Balaban J connectivity index is 2.47. The summed E-state index contributed by atoms with van der Waals surface area (Å²) in [6, 6.07) is 8.13. The highest BCUT2D eigenvalue weighted by molar-refractivity contribution is 14.1. The van der Waals surface area contributed by atoms with Crippen molar-refractivity contribution in [3.63, 3.8) is 0 Å². The number of halogens is 1. The maximum absolute atomic E-state index is 12.0. The average Bonchev–Trinajstić information content (AvgIpc) is 2.30. The van der Waals surface area contributed by atoms with E-state index in [-0.39, 0.29) is 0 Å². The van der Waals surface area contributed by atoms with E-state index in [0.717, 1.165) is 12.0 Å². The number of benzene rings is 1. The molecule has 0 bridgehead atoms. The van der Waals surface area contributed by atoms with Gasteiger partial charge in [0.1, 0.15) is 5.78 Å². The van der Waals surface area contributed by atoms with Crippen molar-refractivity contribution < 1.29 is 4.79 Å². The summed E-state index contributed by atoms with van der Waals surface area (Å²) in [5.41, 5.74) is 6.83. The van der Waals surface area contributed by atoms with E-state index in [0.29, 0.717) is 37.0 Å². The first-order valence-electron chi connectivity index (χ1n) is 6.47. The van der Waals surface area contributed by atoms with Crippen molar-refractivity contribution in [3.8, 4) is 0 Å². The smallest absolute Gasteiger partial charge is 0.137 e. The van der Waals surface area contributed by atoms with E-state index in [1.165, 1.54) is 3.57 Å². The molecule has 1 aromatic carbocycles. The van der Waals surface area contributed by atoms with Crippen molar-refractivity contribution in [2.24, 2.45) is 17.6 Å². The first kappa shape index (κ1) is 15.6. The van der Waals surface area contributed by atoms with Gasteiger partial charge >= 0.3 is 0 Å². The summed E-state index contributed by atoms with van der Waals surface area (Å²) in [6.07, 6.45) is 2.18. The van der Waals surface area contributed by atoms with Crippen LogP contribution < -0.4 is 5.73 Å². The van der Waals surface area contributed by atoms with Gasteiger partial charge < -0.3 is 5.73 Å². The summed E-state index contributed by atoms with van der Waals surface area (Å²) >= 11 is 2.27. The lowest BCUT2D eigenvalue weighted by Gasteiger charge is -2.16. The van der Waals surface area contributed by atoms with Crippen LogP contribution in [0.1, 0.15) is 32.3 Å². The minimum Gasteiger partial charge on any atom is -0.330 e. The van der Waals surface area contributed by atoms with Gasteiger partial charge in [0, 0.05) is 16.4 Å². The number of nitrogens with two attached hydrogens (primary N) is 1. The molecule has 0 aliphatic carbocycles. The molecule has 0 radical (unpaired) electrons. The molecule has 0 saturated heterocycles. The molecule has 1 rings (SSSR count). The predicted molar refractivity (Wildman–Crippen MR) is 84.5 cm³/mol. The van der Waals surface area contributed by atoms with E-state index in [4.69, 9.17) is 5.73 Å². The second-order valence-corrected chi connectivity index (χ2v) is 6.52. The molecular weight excluding hydrogens is 337 g/mol. The van der Waals surface area contributed by atoms with Crippen LogP contribution >= 0.6 is 22.6 Å². The van der Waals surface area contributed by atoms with Crippen molar-refractivity contribution in [1.29, 1.82) is 0 Å². The highest BCUT2D eigenvalue weighted by atomic mass is 127. The Bertz CT molecular complexity index is 373. The van der Waals surface area contributed by atoms with Gasteiger partial charge in [-0.1, -0.05) is 26.0 Å². The predicted octanol–water partition coefficient (Wildman–Crippen LogP) is 3.41. The van der Waals surface area contributed by atoms with Gasteiger partial charge in [0.15, 0.2) is 0 Å². The number of ketones is 1. The summed E-state index contributed by atoms with van der Waals surface area (Å²) in [4.78, 5) is 12.0. The first-order valence-corrected chi connectivity index (χ1v) is 7.55. The van der Waals surface area contributed by atoms with E-state index in [9.17, 15) is 4.79 Å². The minimum atomic E-state index is 0.298. The van der Waals surface area contributed by atoms with Crippen LogP contribution in [0.15, 0.2) is 24.3 Å². The molecule has 2 N–H and O–H groups in total. The third-order valence-corrected chi connectivity index (χ3v) is 3.69. The van der Waals surface area contributed by atoms with Crippen molar-refractivity contribution >= 4 is 28.4 Å². The summed E-state index contributed by atoms with van der Waals surface area (Å²) in [5.74, 6) is 1.23. The molecule has 0 saturated carbocycles. The van der Waals surface area contributed by atoms with Gasteiger partial charge in [-0.15, -0.1) is 0 Å². The van der Waals surface area contributed by atoms with Crippen molar-refractivity contribution in [3.05, 3.63) is 33.4 Å². The van der Waals surface area contributed by atoms with Crippen LogP contribution in [-0.4, -0.2) is 12.3 Å². The summed E-state index contributed by atoms with van der Waals surface area (Å²) in [7, 11) is 0. The van der Waals surface area contributed by atoms with Gasteiger partial charge in [-0.2, -0.15) is 0 Å². The molecule has 0 heterocycles. The van der Waals surface area contributed by atoms with Crippen LogP contribution in [0.2, 0.25) is 0 Å². The molecule has 0 spiro atoms. The summed E-state index contributed by atoms with van der Waals surface area (Å²) in [5, 5.41) is 0. The number of rotatable bonds is 7. The third kappa shape index (κ3) is 5.96. The molecule has 1 aromatic rings. The van der Waals surface area contributed by atoms with Gasteiger partial charge in [-0.3, -0.25) is 4.79 Å². The first-order chi connectivity index (χ1) is 8.51. The van der Waals surface area contributed by atoms with Crippen LogP contribution in [0.3, 0.4) is 0 Å². The highest BCUT2D eigenvalue weighted by Crippen LogP contribution is 2.16. The fourth-order valence-corrected chi connectivity index (χ4v) is 2.51. The molecule has 0 aliphatic rings. The fraction of sp³-hybridized carbons (Fsp3) is 0.533. The van der Waals surface area contributed by atoms with E-state index in [1.807, 2.05) is 24.3 Å². The standard InChI is InChI=1S/C15H22INO/c1-11(2)7-13(10-17)9-15(18)8-12-3-5-14(16)6-4-12/h3-6,11,13H,7-10,17H2,1-2H3. The molecule has 0 amide bonds. The Kier molecular flexibility index (Phi) is 6.86. The number of carbonyl (C=O) groups excluding carboxylic acids is 1. The van der Waals surface area contributed by atoms with Crippen molar-refractivity contribution in [1.82, 2.24) is 0 Å². The molecule has 100 valence electrons.